The largest absolute Gasteiger partial charge is 0.461 e. The summed E-state index contributed by atoms with van der Waals surface area (Å²) in [5.74, 6) is -0.170. The van der Waals surface area contributed by atoms with Gasteiger partial charge in [-0.2, -0.15) is 5.10 Å². The second-order valence-corrected chi connectivity index (χ2v) is 5.97. The van der Waals surface area contributed by atoms with E-state index >= 15 is 0 Å². The fourth-order valence-electron chi connectivity index (χ4n) is 2.84. The van der Waals surface area contributed by atoms with Gasteiger partial charge in [0.1, 0.15) is 12.1 Å². The molecule has 116 valence electrons. The van der Waals surface area contributed by atoms with Gasteiger partial charge < -0.3 is 10.1 Å². The number of nitrogens with one attached hydrogen (secondary N) is 1. The lowest BCUT2D eigenvalue weighted by molar-refractivity contribution is -0.141. The molecule has 1 aliphatic rings. The average Bonchev–Trinajstić information content (AvgIpc) is 2.92. The Morgan fingerprint density at radius 1 is 1.36 bits per heavy atom. The summed E-state index contributed by atoms with van der Waals surface area (Å²) in [4.78, 5) is 11.7. The lowest BCUT2D eigenvalue weighted by atomic mass is 10.1. The molecule has 1 N–H and O–H groups in total. The number of hydrogen-bond donors (Lipinski definition) is 1. The highest BCUT2D eigenvalue weighted by Crippen LogP contribution is 2.20. The van der Waals surface area contributed by atoms with Crippen molar-refractivity contribution in [3.8, 4) is 0 Å². The van der Waals surface area contributed by atoms with E-state index in [9.17, 15) is 4.79 Å². The first-order valence-corrected chi connectivity index (χ1v) is 7.58. The van der Waals surface area contributed by atoms with E-state index in [1.54, 1.807) is 0 Å². The van der Waals surface area contributed by atoms with Gasteiger partial charge in [0, 0.05) is 17.8 Å². The van der Waals surface area contributed by atoms with Gasteiger partial charge in [-0.15, -0.1) is 0 Å². The number of hydrogen-bond acceptors (Lipinski definition) is 4. The van der Waals surface area contributed by atoms with Crippen LogP contribution in [0.4, 0.5) is 5.69 Å². The molecule has 0 aliphatic carbocycles. The normalized spacial score (nSPS) is 21.0. The molecule has 1 aromatic carbocycles. The predicted molar refractivity (Wildman–Crippen MR) is 84.8 cm³/mol. The van der Waals surface area contributed by atoms with Crippen LogP contribution < -0.4 is 5.32 Å². The van der Waals surface area contributed by atoms with Crippen molar-refractivity contribution in [1.29, 1.82) is 0 Å². The van der Waals surface area contributed by atoms with Crippen molar-refractivity contribution in [1.82, 2.24) is 9.78 Å². The monoisotopic (exact) mass is 299 g/mol. The van der Waals surface area contributed by atoms with Crippen LogP contribution in [0.1, 0.15) is 30.3 Å². The van der Waals surface area contributed by atoms with Crippen LogP contribution in [-0.4, -0.2) is 27.9 Å². The number of benzene rings is 1. The molecule has 22 heavy (non-hydrogen) atoms. The standard InChI is InChI=1S/C17H21N3O2/c1-11-7-12(2)20(19-11)10-14-5-4-6-15(9-14)18-16-8-13(3)22-17(16)21/h4-7,9,13,16,18H,8,10H2,1-3H3/t13-,16-/m1/s1. The Morgan fingerprint density at radius 2 is 2.18 bits per heavy atom. The fraction of sp³-hybridized carbons (Fsp3) is 0.412. The molecule has 1 aliphatic heterocycles. The highest BCUT2D eigenvalue weighted by molar-refractivity contribution is 5.81. The third kappa shape index (κ3) is 3.13. The lowest BCUT2D eigenvalue weighted by Crippen LogP contribution is -2.24. The fourth-order valence-corrected chi connectivity index (χ4v) is 2.84. The number of ether oxygens (including phenoxy) is 1. The molecule has 0 bridgehead atoms. The quantitative estimate of drug-likeness (QED) is 0.882. The third-order valence-corrected chi connectivity index (χ3v) is 3.87. The molecule has 2 heterocycles. The van der Waals surface area contributed by atoms with Crippen LogP contribution in [0.2, 0.25) is 0 Å². The van der Waals surface area contributed by atoms with Crippen LogP contribution in [0.15, 0.2) is 30.3 Å². The van der Waals surface area contributed by atoms with Crippen LogP contribution in [0.25, 0.3) is 0 Å². The van der Waals surface area contributed by atoms with Crippen LogP contribution in [0.5, 0.6) is 0 Å². The van der Waals surface area contributed by atoms with Crippen molar-refractivity contribution in [3.63, 3.8) is 0 Å². The van der Waals surface area contributed by atoms with Gasteiger partial charge in [-0.25, -0.2) is 4.79 Å². The number of aryl methyl sites for hydroxylation is 2. The molecule has 1 saturated heterocycles. The number of esters is 1. The van der Waals surface area contributed by atoms with Crippen LogP contribution in [0.3, 0.4) is 0 Å². The molecule has 0 amide bonds. The molecule has 2 aromatic rings. The summed E-state index contributed by atoms with van der Waals surface area (Å²) in [7, 11) is 0. The van der Waals surface area contributed by atoms with E-state index in [1.165, 1.54) is 0 Å². The van der Waals surface area contributed by atoms with Gasteiger partial charge in [-0.05, 0) is 44.5 Å². The zero-order valence-corrected chi connectivity index (χ0v) is 13.2. The Balaban J connectivity index is 1.72. The van der Waals surface area contributed by atoms with Crippen molar-refractivity contribution in [3.05, 3.63) is 47.3 Å². The minimum atomic E-state index is -0.251. The van der Waals surface area contributed by atoms with E-state index in [2.05, 4.69) is 35.5 Å². The topological polar surface area (TPSA) is 56.2 Å². The van der Waals surface area contributed by atoms with Crippen molar-refractivity contribution in [2.24, 2.45) is 0 Å². The smallest absolute Gasteiger partial charge is 0.328 e. The summed E-state index contributed by atoms with van der Waals surface area (Å²) >= 11 is 0. The summed E-state index contributed by atoms with van der Waals surface area (Å²) in [5.41, 5.74) is 4.25. The minimum absolute atomic E-state index is 0.0112. The highest BCUT2D eigenvalue weighted by Gasteiger charge is 2.31. The molecule has 5 nitrogen and oxygen atoms in total. The SMILES string of the molecule is Cc1cc(C)n(Cc2cccc(N[C@@H]3C[C@@H](C)OC3=O)c2)n1. The molecule has 5 heteroatoms. The maximum Gasteiger partial charge on any atom is 0.328 e. The maximum atomic E-state index is 11.7. The lowest BCUT2D eigenvalue weighted by Gasteiger charge is -2.12. The molecular formula is C17H21N3O2. The number of aromatic nitrogens is 2. The number of nitrogens with zero attached hydrogens (tertiary/aromatic N) is 2. The molecule has 2 atom stereocenters. The van der Waals surface area contributed by atoms with E-state index < -0.39 is 0 Å². The van der Waals surface area contributed by atoms with E-state index in [1.807, 2.05) is 30.7 Å². The number of carbonyl (C=O) groups excluding carboxylic acids is 1. The van der Waals surface area contributed by atoms with Gasteiger partial charge in [-0.3, -0.25) is 4.68 Å². The van der Waals surface area contributed by atoms with Gasteiger partial charge in [0.2, 0.25) is 0 Å². The molecule has 0 unspecified atom stereocenters. The zero-order valence-electron chi connectivity index (χ0n) is 13.2. The van der Waals surface area contributed by atoms with Gasteiger partial charge in [0.15, 0.2) is 0 Å². The van der Waals surface area contributed by atoms with E-state index in [0.29, 0.717) is 6.42 Å². The van der Waals surface area contributed by atoms with E-state index in [4.69, 9.17) is 4.74 Å². The number of cyclic esters (lactones) is 1. The molecule has 0 radical (unpaired) electrons. The van der Waals surface area contributed by atoms with Gasteiger partial charge in [-0.1, -0.05) is 12.1 Å². The predicted octanol–water partition coefficient (Wildman–Crippen LogP) is 2.66. The Labute approximate surface area is 130 Å². The first kappa shape index (κ1) is 14.6. The maximum absolute atomic E-state index is 11.7. The van der Waals surface area contributed by atoms with Gasteiger partial charge in [0.05, 0.1) is 12.2 Å². The Hall–Kier alpha value is -2.30. The van der Waals surface area contributed by atoms with Gasteiger partial charge in [0.25, 0.3) is 0 Å². The second-order valence-electron chi connectivity index (χ2n) is 5.97. The molecule has 0 saturated carbocycles. The molecular weight excluding hydrogens is 278 g/mol. The summed E-state index contributed by atoms with van der Waals surface area (Å²) < 4.78 is 7.16. The zero-order chi connectivity index (χ0) is 15.7. The van der Waals surface area contributed by atoms with E-state index in [-0.39, 0.29) is 18.1 Å². The molecule has 0 spiro atoms. The highest BCUT2D eigenvalue weighted by atomic mass is 16.6. The van der Waals surface area contributed by atoms with Crippen LogP contribution >= 0.6 is 0 Å². The van der Waals surface area contributed by atoms with E-state index in [0.717, 1.165) is 29.2 Å². The first-order chi connectivity index (χ1) is 10.5. The summed E-state index contributed by atoms with van der Waals surface area (Å²) in [5, 5.41) is 7.75. The Kier molecular flexibility index (Phi) is 3.88. The third-order valence-electron chi connectivity index (χ3n) is 3.87. The number of rotatable bonds is 4. The summed E-state index contributed by atoms with van der Waals surface area (Å²) in [6, 6.07) is 9.91. The van der Waals surface area contributed by atoms with Gasteiger partial charge >= 0.3 is 5.97 Å². The van der Waals surface area contributed by atoms with Crippen molar-refractivity contribution in [2.75, 3.05) is 5.32 Å². The molecule has 3 rings (SSSR count). The second kappa shape index (κ2) is 5.83. The molecule has 1 aromatic heterocycles. The van der Waals surface area contributed by atoms with Crippen LogP contribution in [-0.2, 0) is 16.1 Å². The molecule has 1 fully saturated rings. The first-order valence-electron chi connectivity index (χ1n) is 7.58. The van der Waals surface area contributed by atoms with Crippen molar-refractivity contribution < 1.29 is 9.53 Å². The number of carbonyl (C=O) groups is 1. The Bertz CT molecular complexity index is 693. The Morgan fingerprint density at radius 3 is 2.82 bits per heavy atom. The van der Waals surface area contributed by atoms with Crippen molar-refractivity contribution >= 4 is 11.7 Å². The summed E-state index contributed by atoms with van der Waals surface area (Å²) in [6.45, 7) is 6.69. The van der Waals surface area contributed by atoms with Crippen LogP contribution in [0, 0.1) is 13.8 Å². The number of anilines is 1. The average molecular weight is 299 g/mol. The minimum Gasteiger partial charge on any atom is -0.461 e. The van der Waals surface area contributed by atoms with Crippen molar-refractivity contribution in [2.45, 2.75) is 45.9 Å². The summed E-state index contributed by atoms with van der Waals surface area (Å²) in [6.07, 6.45) is 0.698.